The van der Waals surface area contributed by atoms with Crippen LogP contribution in [0, 0.1) is 34.5 Å². The molecule has 4 heteroatoms. The van der Waals surface area contributed by atoms with E-state index in [2.05, 4.69) is 19.9 Å². The average Bonchev–Trinajstić information content (AvgIpc) is 2.98. The van der Waals surface area contributed by atoms with Gasteiger partial charge in [0, 0.05) is 19.3 Å². The highest BCUT2D eigenvalue weighted by Crippen LogP contribution is 2.66. The number of ketones is 1. The zero-order valence-corrected chi connectivity index (χ0v) is 17.0. The molecule has 0 aromatic carbocycles. The lowest BCUT2D eigenvalue weighted by molar-refractivity contribution is -0.149. The molecule has 0 aromatic heterocycles. The van der Waals surface area contributed by atoms with Gasteiger partial charge >= 0.3 is 5.97 Å². The topological polar surface area (TPSA) is 63.6 Å². The number of rotatable bonds is 3. The van der Waals surface area contributed by atoms with E-state index in [1.165, 1.54) is 18.9 Å². The molecule has 0 radical (unpaired) electrons. The van der Waals surface area contributed by atoms with Crippen molar-refractivity contribution in [3.05, 3.63) is 11.6 Å². The summed E-state index contributed by atoms with van der Waals surface area (Å²) in [4.78, 5) is 23.7. The summed E-state index contributed by atoms with van der Waals surface area (Å²) in [6.07, 6.45) is 10.9. The van der Waals surface area contributed by atoms with Crippen LogP contribution >= 0.6 is 0 Å². The van der Waals surface area contributed by atoms with Gasteiger partial charge in [-0.25, -0.2) is 0 Å². The van der Waals surface area contributed by atoms with E-state index in [0.717, 1.165) is 44.9 Å². The Labute approximate surface area is 162 Å². The van der Waals surface area contributed by atoms with Crippen molar-refractivity contribution in [3.8, 4) is 0 Å². The first-order valence-electron chi connectivity index (χ1n) is 10.8. The molecule has 4 nitrogen and oxygen atoms in total. The van der Waals surface area contributed by atoms with Gasteiger partial charge in [-0.15, -0.1) is 0 Å². The number of allylic oxidation sites excluding steroid dienone is 1. The van der Waals surface area contributed by atoms with Crippen LogP contribution in [0.15, 0.2) is 11.6 Å². The maximum Gasteiger partial charge on any atom is 0.302 e. The van der Waals surface area contributed by atoms with E-state index in [-0.39, 0.29) is 41.2 Å². The van der Waals surface area contributed by atoms with Crippen LogP contribution < -0.4 is 0 Å². The molecule has 4 aliphatic rings. The van der Waals surface area contributed by atoms with Crippen LogP contribution in [0.3, 0.4) is 0 Å². The second kappa shape index (κ2) is 6.72. The number of carbonyl (C=O) groups excluding carboxylic acids is 2. The van der Waals surface area contributed by atoms with Gasteiger partial charge in [-0.1, -0.05) is 25.5 Å². The Hall–Kier alpha value is -1.16. The van der Waals surface area contributed by atoms with Gasteiger partial charge in [0.1, 0.15) is 12.7 Å². The summed E-state index contributed by atoms with van der Waals surface area (Å²) in [5.74, 6) is 1.86. The number of Topliss-reactive ketones (excluding diaryl/α,β-unsaturated/α-hetero) is 1. The Morgan fingerprint density at radius 1 is 1.15 bits per heavy atom. The second-order valence-electron chi connectivity index (χ2n) is 10.0. The van der Waals surface area contributed by atoms with Crippen molar-refractivity contribution in [1.29, 1.82) is 0 Å². The van der Waals surface area contributed by atoms with Crippen LogP contribution in [0.1, 0.15) is 72.1 Å². The van der Waals surface area contributed by atoms with Gasteiger partial charge in [0.15, 0.2) is 5.78 Å². The van der Waals surface area contributed by atoms with Crippen LogP contribution in [0.2, 0.25) is 0 Å². The maximum atomic E-state index is 12.3. The largest absolute Gasteiger partial charge is 0.462 e. The number of carbonyl (C=O) groups is 2. The highest BCUT2D eigenvalue weighted by Gasteiger charge is 2.59. The van der Waals surface area contributed by atoms with Crippen LogP contribution in [-0.4, -0.2) is 29.6 Å². The number of hydrogen-bond donors (Lipinski definition) is 1. The van der Waals surface area contributed by atoms with Gasteiger partial charge in [-0.2, -0.15) is 0 Å². The number of aliphatic hydroxyl groups is 1. The van der Waals surface area contributed by atoms with Crippen molar-refractivity contribution in [2.45, 2.75) is 78.2 Å². The van der Waals surface area contributed by atoms with Crippen molar-refractivity contribution in [2.24, 2.45) is 34.5 Å². The lowest BCUT2D eigenvalue weighted by Crippen LogP contribution is -2.51. The Morgan fingerprint density at radius 2 is 1.93 bits per heavy atom. The standard InChI is InChI=1S/C23H34O4/c1-14(25)27-16-8-10-22(2)15(12-16)4-5-17-18-6-7-20(21(26)13-24)23(18,3)11-9-19(17)22/h4,16-20,24H,5-13H2,1-3H3/t16-,17?,18?,19?,20+,22-,23-/m0/s1. The van der Waals surface area contributed by atoms with Crippen LogP contribution in [-0.2, 0) is 14.3 Å². The lowest BCUT2D eigenvalue weighted by atomic mass is 9.47. The highest BCUT2D eigenvalue weighted by atomic mass is 16.5. The van der Waals surface area contributed by atoms with Gasteiger partial charge in [0.25, 0.3) is 0 Å². The molecule has 1 N–H and O–H groups in total. The molecular formula is C23H34O4. The molecule has 0 saturated heterocycles. The molecule has 27 heavy (non-hydrogen) atoms. The molecule has 0 spiro atoms. The molecule has 0 aliphatic heterocycles. The predicted molar refractivity (Wildman–Crippen MR) is 103 cm³/mol. The first kappa shape index (κ1) is 19.2. The molecule has 3 fully saturated rings. The normalized spacial score (nSPS) is 45.9. The summed E-state index contributed by atoms with van der Waals surface area (Å²) < 4.78 is 5.52. The SMILES string of the molecule is CC(=O)O[C@H]1CC[C@@]2(C)C(=CCC3C2CC[C@@]2(C)C3CC[C@@H]2C(=O)CO)C1. The predicted octanol–water partition coefficient (Wildman–Crippen LogP) is 4.06. The summed E-state index contributed by atoms with van der Waals surface area (Å²) in [5, 5.41) is 9.42. The Kier molecular flexibility index (Phi) is 4.77. The van der Waals surface area contributed by atoms with Gasteiger partial charge in [0.05, 0.1) is 0 Å². The number of fused-ring (bicyclic) bond motifs is 5. The van der Waals surface area contributed by atoms with E-state index >= 15 is 0 Å². The van der Waals surface area contributed by atoms with E-state index in [1.54, 1.807) is 0 Å². The van der Waals surface area contributed by atoms with Gasteiger partial charge in [0.2, 0.25) is 0 Å². The maximum absolute atomic E-state index is 12.3. The molecule has 0 heterocycles. The lowest BCUT2D eigenvalue weighted by Gasteiger charge is -2.58. The van der Waals surface area contributed by atoms with Crippen molar-refractivity contribution < 1.29 is 19.4 Å². The minimum atomic E-state index is -0.305. The van der Waals surface area contributed by atoms with E-state index in [1.807, 2.05) is 0 Å². The zero-order chi connectivity index (χ0) is 19.4. The molecule has 7 atom stereocenters. The van der Waals surface area contributed by atoms with Gasteiger partial charge in [-0.3, -0.25) is 9.59 Å². The second-order valence-corrected chi connectivity index (χ2v) is 10.0. The minimum absolute atomic E-state index is 0.0465. The zero-order valence-electron chi connectivity index (χ0n) is 17.0. The highest BCUT2D eigenvalue weighted by molar-refractivity contribution is 5.83. The number of ether oxygens (including phenoxy) is 1. The fourth-order valence-corrected chi connectivity index (χ4v) is 7.60. The van der Waals surface area contributed by atoms with Gasteiger partial charge < -0.3 is 9.84 Å². The summed E-state index contributed by atoms with van der Waals surface area (Å²) in [6.45, 7) is 5.96. The number of hydrogen-bond acceptors (Lipinski definition) is 4. The fraction of sp³-hybridized carbons (Fsp3) is 0.826. The molecule has 3 saturated carbocycles. The summed E-state index contributed by atoms with van der Waals surface area (Å²) in [6, 6.07) is 0. The van der Waals surface area contributed by atoms with Crippen molar-refractivity contribution in [2.75, 3.05) is 6.61 Å². The molecule has 150 valence electrons. The molecule has 0 aromatic rings. The Morgan fingerprint density at radius 3 is 2.63 bits per heavy atom. The molecular weight excluding hydrogens is 340 g/mol. The molecule has 4 aliphatic carbocycles. The average molecular weight is 375 g/mol. The van der Waals surface area contributed by atoms with Crippen molar-refractivity contribution in [1.82, 2.24) is 0 Å². The Balaban J connectivity index is 1.57. The minimum Gasteiger partial charge on any atom is -0.462 e. The summed E-state index contributed by atoms with van der Waals surface area (Å²) in [5.41, 5.74) is 1.79. The summed E-state index contributed by atoms with van der Waals surface area (Å²) >= 11 is 0. The summed E-state index contributed by atoms with van der Waals surface area (Å²) in [7, 11) is 0. The van der Waals surface area contributed by atoms with Gasteiger partial charge in [-0.05, 0) is 73.5 Å². The molecule has 3 unspecified atom stereocenters. The third kappa shape index (κ3) is 2.90. The Bertz CT molecular complexity index is 667. The fourth-order valence-electron chi connectivity index (χ4n) is 7.60. The number of esters is 1. The molecule has 0 bridgehead atoms. The monoisotopic (exact) mass is 374 g/mol. The smallest absolute Gasteiger partial charge is 0.302 e. The van der Waals surface area contributed by atoms with Crippen LogP contribution in [0.4, 0.5) is 0 Å². The van der Waals surface area contributed by atoms with Crippen molar-refractivity contribution in [3.63, 3.8) is 0 Å². The first-order chi connectivity index (χ1) is 12.8. The third-order valence-corrected chi connectivity index (χ3v) is 8.94. The van der Waals surface area contributed by atoms with E-state index in [4.69, 9.17) is 4.74 Å². The third-order valence-electron chi connectivity index (χ3n) is 8.94. The first-order valence-corrected chi connectivity index (χ1v) is 10.8. The quantitative estimate of drug-likeness (QED) is 0.598. The van der Waals surface area contributed by atoms with E-state index in [0.29, 0.717) is 17.8 Å². The van der Waals surface area contributed by atoms with Crippen LogP contribution in [0.5, 0.6) is 0 Å². The molecule has 4 rings (SSSR count). The van der Waals surface area contributed by atoms with E-state index < -0.39 is 0 Å². The van der Waals surface area contributed by atoms with E-state index in [9.17, 15) is 14.7 Å². The van der Waals surface area contributed by atoms with Crippen molar-refractivity contribution >= 4 is 11.8 Å². The number of aliphatic hydroxyl groups excluding tert-OH is 1. The molecule has 0 amide bonds. The van der Waals surface area contributed by atoms with Crippen LogP contribution in [0.25, 0.3) is 0 Å².